The monoisotopic (exact) mass is 640 g/mol. The number of nitrogens with one attached hydrogen (secondary N) is 1. The number of nitrogens with zero attached hydrogens (tertiary/aromatic N) is 7. The Balaban J connectivity index is 1.35. The van der Waals surface area contributed by atoms with Crippen molar-refractivity contribution in [1.82, 2.24) is 29.0 Å². The number of halogens is 2. The highest BCUT2D eigenvalue weighted by molar-refractivity contribution is 7.90. The van der Waals surface area contributed by atoms with Crippen molar-refractivity contribution >= 4 is 39.3 Å². The van der Waals surface area contributed by atoms with Crippen LogP contribution in [-0.4, -0.2) is 87.3 Å². The smallest absolute Gasteiger partial charge is 0.407 e. The number of carbonyl (C=O) groups is 1. The highest BCUT2D eigenvalue weighted by atomic mass is 35.5. The number of piperazine rings is 1. The topological polar surface area (TPSA) is 137 Å². The maximum absolute atomic E-state index is 16.1. The third kappa shape index (κ3) is 5.92. The van der Waals surface area contributed by atoms with Gasteiger partial charge in [0.1, 0.15) is 5.69 Å². The first-order valence-electron chi connectivity index (χ1n) is 14.1. The average molecular weight is 641 g/mol. The van der Waals surface area contributed by atoms with Gasteiger partial charge in [0, 0.05) is 79.1 Å². The number of rotatable bonds is 7. The van der Waals surface area contributed by atoms with E-state index in [4.69, 9.17) is 16.7 Å². The zero-order valence-corrected chi connectivity index (χ0v) is 25.3. The Labute approximate surface area is 258 Å². The van der Waals surface area contributed by atoms with E-state index in [1.807, 2.05) is 13.0 Å². The molecule has 2 fully saturated rings. The standard InChI is InChI=1S/C29H30ClFN8O4S/c1-19-17-36(12-13-38(19)29(40)41)22-4-5-26(33-16-22)39-18-24(28(34-39)20-6-8-32-9-7-20)23-14-21(30)15-25(27(23)31)35-44(42,43)37-10-2-3-11-37/h4-9,14-16,18-19,35H,2-3,10-13,17H2,1H3,(H,40,41). The predicted octanol–water partition coefficient (Wildman–Crippen LogP) is 4.73. The SMILES string of the molecule is CC1CN(c2ccc(-n3cc(-c4cc(Cl)cc(NS(=O)(=O)N5CCCC5)c4F)c(-c4ccncc4)n3)nc2)CCN1C(=O)O. The molecule has 230 valence electrons. The van der Waals surface area contributed by atoms with Crippen molar-refractivity contribution in [2.45, 2.75) is 25.8 Å². The van der Waals surface area contributed by atoms with Gasteiger partial charge in [-0.05, 0) is 56.2 Å². The molecular formula is C29H30ClFN8O4S. The van der Waals surface area contributed by atoms with Crippen LogP contribution in [0.5, 0.6) is 0 Å². The van der Waals surface area contributed by atoms with Gasteiger partial charge < -0.3 is 14.9 Å². The van der Waals surface area contributed by atoms with Crippen molar-refractivity contribution in [3.05, 3.63) is 72.0 Å². The quantitative estimate of drug-likeness (QED) is 0.296. The highest BCUT2D eigenvalue weighted by Crippen LogP contribution is 2.38. The minimum atomic E-state index is -3.97. The van der Waals surface area contributed by atoms with E-state index < -0.39 is 22.1 Å². The fraction of sp³-hybridized carbons (Fsp3) is 0.310. The molecule has 0 spiro atoms. The van der Waals surface area contributed by atoms with Crippen molar-refractivity contribution in [3.8, 4) is 28.2 Å². The van der Waals surface area contributed by atoms with Gasteiger partial charge in [-0.25, -0.2) is 18.9 Å². The number of anilines is 2. The van der Waals surface area contributed by atoms with E-state index in [1.165, 1.54) is 26.0 Å². The zero-order valence-electron chi connectivity index (χ0n) is 23.8. The van der Waals surface area contributed by atoms with Crippen molar-refractivity contribution in [3.63, 3.8) is 0 Å². The van der Waals surface area contributed by atoms with E-state index in [1.54, 1.807) is 43.0 Å². The van der Waals surface area contributed by atoms with Crippen LogP contribution in [0.1, 0.15) is 19.8 Å². The van der Waals surface area contributed by atoms with Gasteiger partial charge in [0.05, 0.1) is 17.6 Å². The van der Waals surface area contributed by atoms with Crippen LogP contribution in [0.15, 0.2) is 61.2 Å². The molecule has 1 unspecified atom stereocenters. The molecule has 6 rings (SSSR count). The van der Waals surface area contributed by atoms with Crippen molar-refractivity contribution < 1.29 is 22.7 Å². The number of amides is 1. The van der Waals surface area contributed by atoms with Gasteiger partial charge >= 0.3 is 16.3 Å². The lowest BCUT2D eigenvalue weighted by molar-refractivity contribution is 0.122. The molecule has 2 saturated heterocycles. The van der Waals surface area contributed by atoms with Crippen LogP contribution in [0, 0.1) is 5.82 Å². The van der Waals surface area contributed by atoms with E-state index >= 15 is 4.39 Å². The minimum Gasteiger partial charge on any atom is -0.465 e. The molecule has 0 bridgehead atoms. The summed E-state index contributed by atoms with van der Waals surface area (Å²) in [5.41, 5.74) is 2.11. The van der Waals surface area contributed by atoms with Crippen molar-refractivity contribution in [2.75, 3.05) is 42.3 Å². The summed E-state index contributed by atoms with van der Waals surface area (Å²) >= 11 is 6.41. The highest BCUT2D eigenvalue weighted by Gasteiger charge is 2.29. The molecule has 0 aliphatic carbocycles. The van der Waals surface area contributed by atoms with Crippen LogP contribution in [0.3, 0.4) is 0 Å². The number of benzene rings is 1. The predicted molar refractivity (Wildman–Crippen MR) is 165 cm³/mol. The summed E-state index contributed by atoms with van der Waals surface area (Å²) < 4.78 is 47.2. The Morgan fingerprint density at radius 1 is 1.07 bits per heavy atom. The molecule has 2 aliphatic rings. The van der Waals surface area contributed by atoms with Crippen LogP contribution in [0.25, 0.3) is 28.2 Å². The van der Waals surface area contributed by atoms with Gasteiger partial charge in [0.2, 0.25) is 0 Å². The molecular weight excluding hydrogens is 611 g/mol. The number of aromatic nitrogens is 4. The molecule has 1 aromatic carbocycles. The van der Waals surface area contributed by atoms with Gasteiger partial charge in [-0.1, -0.05) is 11.6 Å². The summed E-state index contributed by atoms with van der Waals surface area (Å²) in [7, 11) is -3.97. The second kappa shape index (κ2) is 12.0. The van der Waals surface area contributed by atoms with Gasteiger partial charge in [-0.2, -0.15) is 17.8 Å². The third-order valence-corrected chi connectivity index (χ3v) is 9.59. The molecule has 0 saturated carbocycles. The van der Waals surface area contributed by atoms with Gasteiger partial charge in [0.25, 0.3) is 0 Å². The molecule has 44 heavy (non-hydrogen) atoms. The third-order valence-electron chi connectivity index (χ3n) is 7.84. The van der Waals surface area contributed by atoms with E-state index in [-0.39, 0.29) is 22.3 Å². The molecule has 5 heterocycles. The molecule has 1 amide bonds. The van der Waals surface area contributed by atoms with Gasteiger partial charge in [-0.3, -0.25) is 9.71 Å². The van der Waals surface area contributed by atoms with Crippen molar-refractivity contribution in [2.24, 2.45) is 0 Å². The van der Waals surface area contributed by atoms with Crippen LogP contribution < -0.4 is 9.62 Å². The summed E-state index contributed by atoms with van der Waals surface area (Å²) in [6, 6.07) is 9.65. The second-order valence-corrected chi connectivity index (χ2v) is 12.9. The summed E-state index contributed by atoms with van der Waals surface area (Å²) in [5, 5.41) is 14.3. The van der Waals surface area contributed by atoms with E-state index in [2.05, 4.69) is 19.6 Å². The number of hydrogen-bond acceptors (Lipinski definition) is 7. The van der Waals surface area contributed by atoms with Crippen LogP contribution >= 0.6 is 11.6 Å². The Bertz CT molecular complexity index is 1780. The Kier molecular flexibility index (Phi) is 8.14. The van der Waals surface area contributed by atoms with Crippen LogP contribution in [0.2, 0.25) is 5.02 Å². The molecule has 2 N–H and O–H groups in total. The maximum atomic E-state index is 16.1. The zero-order chi connectivity index (χ0) is 31.0. The molecule has 2 aliphatic heterocycles. The number of carboxylic acid groups (broad SMARTS) is 1. The Hall–Kier alpha value is -4.27. The summed E-state index contributed by atoms with van der Waals surface area (Å²) in [5.74, 6) is -0.324. The van der Waals surface area contributed by atoms with Crippen LogP contribution in [-0.2, 0) is 10.2 Å². The summed E-state index contributed by atoms with van der Waals surface area (Å²) in [6.07, 6.45) is 7.07. The van der Waals surface area contributed by atoms with E-state index in [9.17, 15) is 18.3 Å². The lowest BCUT2D eigenvalue weighted by Gasteiger charge is -2.39. The van der Waals surface area contributed by atoms with E-state index in [0.29, 0.717) is 55.4 Å². The maximum Gasteiger partial charge on any atom is 0.407 e. The fourth-order valence-corrected chi connectivity index (χ4v) is 7.09. The molecule has 1 atom stereocenters. The largest absolute Gasteiger partial charge is 0.465 e. The van der Waals surface area contributed by atoms with Gasteiger partial charge in [-0.15, -0.1) is 0 Å². The second-order valence-electron chi connectivity index (χ2n) is 10.7. The Morgan fingerprint density at radius 3 is 2.48 bits per heavy atom. The molecule has 15 heteroatoms. The first-order valence-corrected chi connectivity index (χ1v) is 15.9. The summed E-state index contributed by atoms with van der Waals surface area (Å²) in [6.45, 7) is 4.06. The molecule has 12 nitrogen and oxygen atoms in total. The Morgan fingerprint density at radius 2 is 1.82 bits per heavy atom. The first-order chi connectivity index (χ1) is 21.1. The van der Waals surface area contributed by atoms with Crippen LogP contribution in [0.4, 0.5) is 20.6 Å². The average Bonchev–Trinajstić information content (AvgIpc) is 3.71. The number of pyridine rings is 2. The lowest BCUT2D eigenvalue weighted by atomic mass is 10.0. The minimum absolute atomic E-state index is 0.0663. The van der Waals surface area contributed by atoms with Crippen molar-refractivity contribution in [1.29, 1.82) is 0 Å². The lowest BCUT2D eigenvalue weighted by Crippen LogP contribution is -2.53. The first kappa shape index (κ1) is 29.8. The normalized spacial score (nSPS) is 17.7. The molecule has 0 radical (unpaired) electrons. The van der Waals surface area contributed by atoms with E-state index in [0.717, 1.165) is 18.5 Å². The van der Waals surface area contributed by atoms with Gasteiger partial charge in [0.15, 0.2) is 11.6 Å². The molecule has 4 aromatic rings. The number of hydrogen-bond donors (Lipinski definition) is 2. The summed E-state index contributed by atoms with van der Waals surface area (Å²) in [4.78, 5) is 23.6. The fourth-order valence-electron chi connectivity index (χ4n) is 5.58. The molecule has 3 aromatic heterocycles.